The number of hydrogen-bond acceptors (Lipinski definition) is 7. The van der Waals surface area contributed by atoms with Crippen LogP contribution in [0.3, 0.4) is 0 Å². The molecule has 2 N–H and O–H groups in total. The second-order valence-corrected chi connectivity index (χ2v) is 14.3. The van der Waals surface area contributed by atoms with E-state index in [0.717, 1.165) is 60.3 Å². The molecule has 0 spiro atoms. The summed E-state index contributed by atoms with van der Waals surface area (Å²) in [6, 6.07) is 11.0. The molecule has 2 atom stereocenters. The van der Waals surface area contributed by atoms with Crippen LogP contribution in [0.15, 0.2) is 36.0 Å². The second kappa shape index (κ2) is 9.42. The molecule has 8 nitrogen and oxygen atoms in total. The maximum atomic E-state index is 13.0. The lowest BCUT2D eigenvalue weighted by Gasteiger charge is -2.32. The Kier molecular flexibility index (Phi) is 6.20. The Labute approximate surface area is 249 Å². The first kappa shape index (κ1) is 27.7. The molecule has 222 valence electrons. The van der Waals surface area contributed by atoms with Crippen molar-refractivity contribution in [1.82, 2.24) is 15.5 Å². The zero-order chi connectivity index (χ0) is 29.6. The number of nitrogens with one attached hydrogen (secondary N) is 2. The Balaban J connectivity index is 1.12. The van der Waals surface area contributed by atoms with Gasteiger partial charge in [0.2, 0.25) is 0 Å². The van der Waals surface area contributed by atoms with E-state index in [2.05, 4.69) is 68.7 Å². The standard InChI is InChI=1S/C33H42BN3O5/c1-31(2,3)40-30(38)37-14-8-9-26(37)29-35-25-13-10-19-16-24-22-12-11-21(34-41-32(4,5)33(6,7)42-34)15-20(22)18-39-27(24)17-23(19)28(25)36-29/h11-12,15-17,26,29,35-36H,8-10,13-14,18H2,1-7H3/t26-,29?/m0/s1. The van der Waals surface area contributed by atoms with Gasteiger partial charge in [0.25, 0.3) is 0 Å². The Hall–Kier alpha value is -3.17. The number of carbonyl (C=O) groups is 1. The molecule has 5 aliphatic rings. The summed E-state index contributed by atoms with van der Waals surface area (Å²) in [4.78, 5) is 14.8. The zero-order valence-corrected chi connectivity index (χ0v) is 25.8. The molecule has 0 bridgehead atoms. The van der Waals surface area contributed by atoms with Gasteiger partial charge in [-0.1, -0.05) is 18.2 Å². The first-order valence-corrected chi connectivity index (χ1v) is 15.3. The number of benzene rings is 2. The van der Waals surface area contributed by atoms with Crippen molar-refractivity contribution < 1.29 is 23.6 Å². The maximum Gasteiger partial charge on any atom is 0.494 e. The van der Waals surface area contributed by atoms with Crippen LogP contribution >= 0.6 is 0 Å². The van der Waals surface area contributed by atoms with Crippen LogP contribution < -0.4 is 20.8 Å². The minimum absolute atomic E-state index is 0.0350. The van der Waals surface area contributed by atoms with Gasteiger partial charge < -0.3 is 34.3 Å². The van der Waals surface area contributed by atoms with Gasteiger partial charge in [-0.3, -0.25) is 0 Å². The number of likely N-dealkylation sites (tertiary alicyclic amines) is 1. The summed E-state index contributed by atoms with van der Waals surface area (Å²) < 4.78 is 24.7. The maximum absolute atomic E-state index is 13.0. The third-order valence-electron chi connectivity index (χ3n) is 9.69. The molecule has 2 aromatic rings. The number of fused-ring (bicyclic) bond motifs is 5. The third-order valence-corrected chi connectivity index (χ3v) is 9.69. The predicted octanol–water partition coefficient (Wildman–Crippen LogP) is 5.08. The van der Waals surface area contributed by atoms with Gasteiger partial charge in [0, 0.05) is 23.4 Å². The van der Waals surface area contributed by atoms with Crippen molar-refractivity contribution in [3.05, 3.63) is 52.7 Å². The highest BCUT2D eigenvalue weighted by Crippen LogP contribution is 2.44. The predicted molar refractivity (Wildman–Crippen MR) is 163 cm³/mol. The summed E-state index contributed by atoms with van der Waals surface area (Å²) in [6.07, 6.45) is 3.52. The lowest BCUT2D eigenvalue weighted by atomic mass is 9.76. The minimum Gasteiger partial charge on any atom is -0.488 e. The lowest BCUT2D eigenvalue weighted by molar-refractivity contribution is 0.00578. The van der Waals surface area contributed by atoms with Gasteiger partial charge in [-0.15, -0.1) is 0 Å². The van der Waals surface area contributed by atoms with Crippen LogP contribution in [-0.4, -0.2) is 53.7 Å². The summed E-state index contributed by atoms with van der Waals surface area (Å²) in [5.74, 6) is 0.903. The van der Waals surface area contributed by atoms with Gasteiger partial charge in [0.1, 0.15) is 24.1 Å². The van der Waals surface area contributed by atoms with Gasteiger partial charge in [-0.25, -0.2) is 4.79 Å². The Bertz CT molecular complexity index is 1480. The zero-order valence-electron chi connectivity index (χ0n) is 25.8. The number of allylic oxidation sites excluding steroid dienone is 1. The van der Waals surface area contributed by atoms with E-state index in [-0.39, 0.29) is 29.5 Å². The molecule has 2 aromatic carbocycles. The van der Waals surface area contributed by atoms with E-state index in [1.807, 2.05) is 25.7 Å². The second-order valence-electron chi connectivity index (χ2n) is 14.3. The van der Waals surface area contributed by atoms with Crippen LogP contribution in [-0.2, 0) is 27.1 Å². The summed E-state index contributed by atoms with van der Waals surface area (Å²) in [7, 11) is -0.393. The smallest absolute Gasteiger partial charge is 0.488 e. The van der Waals surface area contributed by atoms with Crippen LogP contribution in [0.25, 0.3) is 16.8 Å². The van der Waals surface area contributed by atoms with E-state index in [1.54, 1.807) is 0 Å². The van der Waals surface area contributed by atoms with Crippen molar-refractivity contribution in [2.24, 2.45) is 0 Å². The number of ether oxygens (including phenoxy) is 2. The van der Waals surface area contributed by atoms with Crippen LogP contribution in [0, 0.1) is 0 Å². The minimum atomic E-state index is -0.512. The number of amides is 1. The van der Waals surface area contributed by atoms with Crippen LogP contribution in [0.4, 0.5) is 4.79 Å². The highest BCUT2D eigenvalue weighted by molar-refractivity contribution is 6.62. The molecule has 4 aliphatic heterocycles. The molecule has 1 aliphatic carbocycles. The monoisotopic (exact) mass is 571 g/mol. The van der Waals surface area contributed by atoms with Gasteiger partial charge in [0.05, 0.1) is 22.9 Å². The Morgan fingerprint density at radius 1 is 0.976 bits per heavy atom. The fourth-order valence-corrected chi connectivity index (χ4v) is 6.79. The molecule has 1 amide bonds. The number of hydrogen-bond donors (Lipinski definition) is 2. The quantitative estimate of drug-likeness (QED) is 0.487. The molecular weight excluding hydrogens is 529 g/mol. The third kappa shape index (κ3) is 4.56. The first-order valence-electron chi connectivity index (χ1n) is 15.3. The fourth-order valence-electron chi connectivity index (χ4n) is 6.79. The van der Waals surface area contributed by atoms with Crippen molar-refractivity contribution in [1.29, 1.82) is 0 Å². The Morgan fingerprint density at radius 2 is 1.74 bits per heavy atom. The summed E-state index contributed by atoms with van der Waals surface area (Å²) in [5.41, 5.74) is 8.08. The number of carbonyl (C=O) groups excluding carboxylic acids is 1. The SMILES string of the molecule is CC(C)(C)OC(=O)N1CCC[C@H]1C1NC2=C(N1)c1cc3c(cc1CC2)-c1ccc(B2OC(C)(C)C(C)(C)O2)cc1CO3. The molecular formula is C33H42BN3O5. The molecule has 2 fully saturated rings. The number of rotatable bonds is 2. The molecule has 1 unspecified atom stereocenters. The summed E-state index contributed by atoms with van der Waals surface area (Å²) >= 11 is 0. The fraction of sp³-hybridized carbons (Fsp3) is 0.545. The largest absolute Gasteiger partial charge is 0.494 e. The van der Waals surface area contributed by atoms with E-state index in [9.17, 15) is 4.79 Å². The normalized spacial score (nSPS) is 25.1. The van der Waals surface area contributed by atoms with Crippen molar-refractivity contribution in [2.75, 3.05) is 6.54 Å². The topological polar surface area (TPSA) is 81.3 Å². The number of nitrogens with zero attached hydrogens (tertiary/aromatic N) is 1. The first-order chi connectivity index (χ1) is 19.8. The van der Waals surface area contributed by atoms with Crippen LogP contribution in [0.5, 0.6) is 5.75 Å². The van der Waals surface area contributed by atoms with Gasteiger partial charge in [-0.05, 0) is 108 Å². The van der Waals surface area contributed by atoms with E-state index in [1.165, 1.54) is 22.4 Å². The summed E-state index contributed by atoms with van der Waals surface area (Å²) in [6.45, 7) is 15.3. The highest BCUT2D eigenvalue weighted by atomic mass is 16.7. The van der Waals surface area contributed by atoms with E-state index in [4.69, 9.17) is 18.8 Å². The molecule has 42 heavy (non-hydrogen) atoms. The van der Waals surface area contributed by atoms with Crippen molar-refractivity contribution in [3.63, 3.8) is 0 Å². The molecule has 7 rings (SSSR count). The van der Waals surface area contributed by atoms with Crippen molar-refractivity contribution in [3.8, 4) is 16.9 Å². The van der Waals surface area contributed by atoms with Gasteiger partial charge >= 0.3 is 13.2 Å². The molecule has 0 saturated carbocycles. The van der Waals surface area contributed by atoms with Crippen LogP contribution in [0.1, 0.15) is 84.4 Å². The van der Waals surface area contributed by atoms with Gasteiger partial charge in [-0.2, -0.15) is 0 Å². The molecule has 4 heterocycles. The molecule has 0 radical (unpaired) electrons. The molecule has 0 aromatic heterocycles. The van der Waals surface area contributed by atoms with E-state index >= 15 is 0 Å². The summed E-state index contributed by atoms with van der Waals surface area (Å²) in [5, 5.41) is 7.47. The van der Waals surface area contributed by atoms with Crippen LogP contribution in [0.2, 0.25) is 0 Å². The number of aryl methyl sites for hydroxylation is 1. The molecule has 2 saturated heterocycles. The average molecular weight is 572 g/mol. The lowest BCUT2D eigenvalue weighted by Crippen LogP contribution is -2.52. The highest BCUT2D eigenvalue weighted by Gasteiger charge is 2.52. The van der Waals surface area contributed by atoms with Crippen molar-refractivity contribution >= 4 is 24.4 Å². The van der Waals surface area contributed by atoms with E-state index < -0.39 is 12.7 Å². The van der Waals surface area contributed by atoms with E-state index in [0.29, 0.717) is 6.61 Å². The van der Waals surface area contributed by atoms with Gasteiger partial charge in [0.15, 0.2) is 0 Å². The average Bonchev–Trinajstić information content (AvgIpc) is 3.62. The Morgan fingerprint density at radius 3 is 2.48 bits per heavy atom. The van der Waals surface area contributed by atoms with Crippen molar-refractivity contribution in [2.45, 2.75) is 110 Å². The molecule has 9 heteroatoms.